The van der Waals surface area contributed by atoms with Crippen LogP contribution >= 0.6 is 19.4 Å². The van der Waals surface area contributed by atoms with Gasteiger partial charge in [0.05, 0.1) is 17.8 Å². The van der Waals surface area contributed by atoms with E-state index in [1.807, 2.05) is 0 Å². The Balaban J connectivity index is 4.37. The number of halogens is 1. The summed E-state index contributed by atoms with van der Waals surface area (Å²) < 4.78 is 33.6. The Hall–Kier alpha value is -0.130. The van der Waals surface area contributed by atoms with Gasteiger partial charge in [-0.25, -0.2) is 4.57 Å². The lowest BCUT2D eigenvalue weighted by Gasteiger charge is -2.30. The third-order valence-corrected chi connectivity index (χ3v) is 4.16. The summed E-state index contributed by atoms with van der Waals surface area (Å²) in [7, 11) is -3.68. The maximum atomic E-state index is 12.7. The number of rotatable bonds is 9. The van der Waals surface area contributed by atoms with Crippen molar-refractivity contribution in [1.29, 1.82) is 0 Å². The molecule has 0 fully saturated rings. The second kappa shape index (κ2) is 9.24. The van der Waals surface area contributed by atoms with Crippen LogP contribution in [0.25, 0.3) is 0 Å². The molecule has 0 spiro atoms. The van der Waals surface area contributed by atoms with Crippen molar-refractivity contribution in [2.75, 3.05) is 12.7 Å². The Kier molecular flexibility index (Phi) is 9.18. The molecule has 0 heterocycles. The van der Waals surface area contributed by atoms with E-state index in [0.717, 1.165) is 0 Å². The first kappa shape index (κ1) is 21.9. The van der Waals surface area contributed by atoms with Crippen LogP contribution in [0.4, 0.5) is 0 Å². The fourth-order valence-corrected chi connectivity index (χ4v) is 3.38. The zero-order chi connectivity index (χ0) is 17.4. The first-order valence-electron chi connectivity index (χ1n) is 7.24. The number of carbonyl (C=O) groups excluding carboxylic acids is 1. The molecule has 0 saturated carbocycles. The van der Waals surface area contributed by atoms with E-state index >= 15 is 0 Å². The van der Waals surface area contributed by atoms with Crippen molar-refractivity contribution in [1.82, 2.24) is 0 Å². The number of phosphoric acid groups is 1. The minimum Gasteiger partial charge on any atom is -0.449 e. The average Bonchev–Trinajstić information content (AvgIpc) is 2.23. The minimum absolute atomic E-state index is 0.149. The summed E-state index contributed by atoms with van der Waals surface area (Å²) in [6, 6.07) is -0.149. The van der Waals surface area contributed by atoms with Gasteiger partial charge in [-0.1, -0.05) is 11.6 Å². The normalized spacial score (nSPS) is 13.2. The molecule has 0 aromatic carbocycles. The van der Waals surface area contributed by atoms with Crippen LogP contribution in [-0.2, 0) is 27.7 Å². The van der Waals surface area contributed by atoms with Crippen molar-refractivity contribution in [2.24, 2.45) is 0 Å². The zero-order valence-corrected chi connectivity index (χ0v) is 16.0. The molecule has 22 heavy (non-hydrogen) atoms. The minimum atomic E-state index is -3.68. The monoisotopic (exact) mass is 358 g/mol. The highest BCUT2D eigenvalue weighted by Gasteiger charge is 2.36. The van der Waals surface area contributed by atoms with E-state index in [0.29, 0.717) is 12.8 Å². The number of hydrogen-bond acceptors (Lipinski definition) is 6. The number of alkyl halides is 1. The first-order valence-corrected chi connectivity index (χ1v) is 9.24. The van der Waals surface area contributed by atoms with Gasteiger partial charge in [0, 0.05) is 6.42 Å². The number of carbonyl (C=O) groups is 1. The largest absolute Gasteiger partial charge is 0.475 e. The van der Waals surface area contributed by atoms with E-state index in [-0.39, 0.29) is 25.1 Å². The summed E-state index contributed by atoms with van der Waals surface area (Å²) in [4.78, 5) is 11.1. The number of unbranched alkanes of at least 4 members (excludes halogenated alkanes) is 1. The van der Waals surface area contributed by atoms with E-state index in [2.05, 4.69) is 4.74 Å². The molecule has 132 valence electrons. The highest BCUT2D eigenvalue weighted by atomic mass is 35.5. The first-order chi connectivity index (χ1) is 9.87. The summed E-state index contributed by atoms with van der Waals surface area (Å²) >= 11 is 5.28. The van der Waals surface area contributed by atoms with Crippen molar-refractivity contribution in [3.05, 3.63) is 0 Å². The quantitative estimate of drug-likeness (QED) is 0.258. The second-order valence-corrected chi connectivity index (χ2v) is 8.51. The van der Waals surface area contributed by atoms with Gasteiger partial charge in [0.15, 0.2) is 6.07 Å². The molecule has 0 bridgehead atoms. The molecule has 0 amide bonds. The molecule has 0 aliphatic heterocycles. The molecular formula is C14H28ClO6P. The molecule has 0 aromatic rings. The van der Waals surface area contributed by atoms with E-state index in [9.17, 15) is 9.36 Å². The van der Waals surface area contributed by atoms with Gasteiger partial charge in [-0.2, -0.15) is 0 Å². The van der Waals surface area contributed by atoms with E-state index in [1.54, 1.807) is 41.5 Å². The Morgan fingerprint density at radius 1 is 1.00 bits per heavy atom. The van der Waals surface area contributed by atoms with Crippen LogP contribution in [0.15, 0.2) is 0 Å². The Morgan fingerprint density at radius 2 is 1.50 bits per heavy atom. The lowest BCUT2D eigenvalue weighted by molar-refractivity contribution is -0.141. The fourth-order valence-electron chi connectivity index (χ4n) is 1.42. The van der Waals surface area contributed by atoms with Gasteiger partial charge in [0.2, 0.25) is 0 Å². The maximum Gasteiger partial charge on any atom is 0.475 e. The molecular weight excluding hydrogens is 331 g/mol. The predicted molar refractivity (Wildman–Crippen MR) is 85.9 cm³/mol. The molecule has 0 aromatic heterocycles. The summed E-state index contributed by atoms with van der Waals surface area (Å²) in [5, 5.41) is 0. The third kappa shape index (κ3) is 12.4. The summed E-state index contributed by atoms with van der Waals surface area (Å²) in [5.74, 6) is -0.366. The number of phosphoric ester groups is 1. The van der Waals surface area contributed by atoms with Crippen molar-refractivity contribution >= 4 is 25.4 Å². The topological polar surface area (TPSA) is 71.1 Å². The number of esters is 1. The molecule has 0 atom stereocenters. The highest BCUT2D eigenvalue weighted by Crippen LogP contribution is 2.55. The van der Waals surface area contributed by atoms with Crippen LogP contribution in [0, 0.1) is 0 Å². The van der Waals surface area contributed by atoms with Gasteiger partial charge in [0.1, 0.15) is 0 Å². The van der Waals surface area contributed by atoms with Crippen LogP contribution in [0.5, 0.6) is 0 Å². The molecule has 0 aliphatic rings. The molecule has 0 unspecified atom stereocenters. The molecule has 6 nitrogen and oxygen atoms in total. The molecule has 8 heteroatoms. The molecule has 0 rings (SSSR count). The zero-order valence-electron chi connectivity index (χ0n) is 14.3. The van der Waals surface area contributed by atoms with Gasteiger partial charge in [0.25, 0.3) is 0 Å². The Labute approximate surface area is 138 Å². The predicted octanol–water partition coefficient (Wildman–Crippen LogP) is 4.65. The van der Waals surface area contributed by atoms with Crippen LogP contribution < -0.4 is 0 Å². The van der Waals surface area contributed by atoms with Gasteiger partial charge < -0.3 is 4.74 Å². The fraction of sp³-hybridized carbons (Fsp3) is 0.929. The second-order valence-electron chi connectivity index (χ2n) is 6.77. The average molecular weight is 359 g/mol. The van der Waals surface area contributed by atoms with Crippen LogP contribution in [0.2, 0.25) is 0 Å². The van der Waals surface area contributed by atoms with Crippen LogP contribution in [0.1, 0.15) is 60.8 Å². The maximum absolute atomic E-state index is 12.7. The van der Waals surface area contributed by atoms with Crippen LogP contribution in [0.3, 0.4) is 0 Å². The van der Waals surface area contributed by atoms with Crippen molar-refractivity contribution in [3.8, 4) is 0 Å². The molecule has 0 saturated heterocycles. The van der Waals surface area contributed by atoms with Crippen LogP contribution in [-0.4, -0.2) is 29.8 Å². The lowest BCUT2D eigenvalue weighted by Crippen LogP contribution is -2.24. The van der Waals surface area contributed by atoms with Crippen molar-refractivity contribution in [3.63, 3.8) is 0 Å². The lowest BCUT2D eigenvalue weighted by atomic mass is 10.2. The third-order valence-electron chi connectivity index (χ3n) is 2.01. The molecule has 0 aliphatic carbocycles. The summed E-state index contributed by atoms with van der Waals surface area (Å²) in [6.07, 6.45) is 1.31. The number of ether oxygens (including phenoxy) is 1. The van der Waals surface area contributed by atoms with E-state index in [4.69, 9.17) is 25.2 Å². The molecule has 0 radical (unpaired) electrons. The summed E-state index contributed by atoms with van der Waals surface area (Å²) in [6.45, 7) is 10.8. The standard InChI is InChI=1S/C14H28ClO6P/c1-13(2,3)20-22(17,21-14(4,5)6)19-10-8-7-9-12(16)18-11-15/h7-11H2,1-6H3. The van der Waals surface area contributed by atoms with E-state index < -0.39 is 19.0 Å². The molecule has 0 N–H and O–H groups in total. The van der Waals surface area contributed by atoms with Crippen molar-refractivity contribution in [2.45, 2.75) is 72.0 Å². The summed E-state index contributed by atoms with van der Waals surface area (Å²) in [5.41, 5.74) is -1.32. The van der Waals surface area contributed by atoms with Gasteiger partial charge >= 0.3 is 13.8 Å². The highest BCUT2D eigenvalue weighted by molar-refractivity contribution is 7.48. The van der Waals surface area contributed by atoms with Gasteiger partial charge in [-0.3, -0.25) is 18.4 Å². The Morgan fingerprint density at radius 3 is 1.91 bits per heavy atom. The SMILES string of the molecule is CC(C)(C)OP(=O)(OCCCCC(=O)OCCl)OC(C)(C)C. The van der Waals surface area contributed by atoms with E-state index in [1.165, 1.54) is 0 Å². The number of hydrogen-bond donors (Lipinski definition) is 0. The smallest absolute Gasteiger partial charge is 0.449 e. The van der Waals surface area contributed by atoms with Gasteiger partial charge in [-0.05, 0) is 54.4 Å². The van der Waals surface area contributed by atoms with Gasteiger partial charge in [-0.15, -0.1) is 0 Å². The van der Waals surface area contributed by atoms with Crippen molar-refractivity contribution < 1.29 is 27.7 Å². The Bertz CT molecular complexity index is 366.